The molecule has 0 aliphatic rings. The molecule has 120 valence electrons. The van der Waals surface area contributed by atoms with Gasteiger partial charge in [0.25, 0.3) is 5.91 Å². The minimum absolute atomic E-state index is 0.0670. The maximum Gasteiger partial charge on any atom is 0.271 e. The summed E-state index contributed by atoms with van der Waals surface area (Å²) >= 11 is 0. The Morgan fingerprint density at radius 1 is 1.21 bits per heavy atom. The molecule has 0 fully saturated rings. The van der Waals surface area contributed by atoms with E-state index in [2.05, 4.69) is 20.3 Å². The van der Waals surface area contributed by atoms with Gasteiger partial charge >= 0.3 is 0 Å². The first kappa shape index (κ1) is 15.3. The Kier molecular flexibility index (Phi) is 4.02. The molecule has 3 aromatic rings. The van der Waals surface area contributed by atoms with Crippen molar-refractivity contribution in [3.8, 4) is 0 Å². The van der Waals surface area contributed by atoms with Crippen molar-refractivity contribution in [3.05, 3.63) is 64.4 Å². The summed E-state index contributed by atoms with van der Waals surface area (Å²) in [5.41, 5.74) is 4.64. The zero-order valence-electron chi connectivity index (χ0n) is 12.6. The second-order valence-electron chi connectivity index (χ2n) is 5.01. The van der Waals surface area contributed by atoms with Crippen molar-refractivity contribution in [2.45, 2.75) is 6.92 Å². The first-order chi connectivity index (χ1) is 11.5. The molecule has 1 amide bonds. The second-order valence-corrected chi connectivity index (χ2v) is 5.01. The zero-order chi connectivity index (χ0) is 17.1. The van der Waals surface area contributed by atoms with Crippen molar-refractivity contribution >= 4 is 28.9 Å². The summed E-state index contributed by atoms with van der Waals surface area (Å²) in [5, 5.41) is 18.6. The second kappa shape index (κ2) is 6.29. The van der Waals surface area contributed by atoms with E-state index in [0.717, 1.165) is 0 Å². The van der Waals surface area contributed by atoms with Gasteiger partial charge in [-0.3, -0.25) is 14.2 Å². The topological polar surface area (TPSA) is 112 Å². The third-order valence-corrected chi connectivity index (χ3v) is 3.34. The Morgan fingerprint density at radius 3 is 2.62 bits per heavy atom. The summed E-state index contributed by atoms with van der Waals surface area (Å²) in [6.07, 6.45) is 1.42. The Bertz CT molecular complexity index is 944. The number of hydrazone groups is 1. The first-order valence-corrected chi connectivity index (χ1v) is 6.98. The first-order valence-electron chi connectivity index (χ1n) is 6.98. The summed E-state index contributed by atoms with van der Waals surface area (Å²) in [5.74, 6) is -0.469. The minimum Gasteiger partial charge on any atom is -0.359 e. The number of carbonyl (C=O) groups is 2. The van der Waals surface area contributed by atoms with Crippen molar-refractivity contribution < 1.29 is 19.1 Å². The van der Waals surface area contributed by atoms with Gasteiger partial charge in [-0.15, -0.1) is 0 Å². The number of nitrogens with zero attached hydrogens (tertiary/aromatic N) is 3. The molecule has 0 spiro atoms. The number of fused-ring (bicyclic) bond motifs is 1. The third-order valence-electron chi connectivity index (χ3n) is 3.34. The molecule has 1 heterocycles. The lowest BCUT2D eigenvalue weighted by Crippen LogP contribution is -2.22. The maximum atomic E-state index is 11.9. The van der Waals surface area contributed by atoms with E-state index in [4.69, 9.17) is 0 Å². The molecule has 0 saturated carbocycles. The van der Waals surface area contributed by atoms with Crippen LogP contribution in [-0.4, -0.2) is 23.1 Å². The van der Waals surface area contributed by atoms with Crippen molar-refractivity contribution in [2.24, 2.45) is 5.10 Å². The van der Waals surface area contributed by atoms with E-state index < -0.39 is 5.91 Å². The highest BCUT2D eigenvalue weighted by Gasteiger charge is 2.09. The van der Waals surface area contributed by atoms with E-state index in [9.17, 15) is 14.8 Å². The van der Waals surface area contributed by atoms with Gasteiger partial charge in [-0.1, -0.05) is 12.1 Å². The van der Waals surface area contributed by atoms with E-state index in [-0.39, 0.29) is 5.78 Å². The number of hydrogen-bond acceptors (Lipinski definition) is 6. The smallest absolute Gasteiger partial charge is 0.271 e. The molecule has 0 aliphatic heterocycles. The molecule has 1 aromatic heterocycles. The fourth-order valence-electron chi connectivity index (χ4n) is 2.06. The minimum atomic E-state index is -0.402. The molecule has 0 aliphatic carbocycles. The van der Waals surface area contributed by atoms with Crippen LogP contribution in [0.5, 0.6) is 0 Å². The summed E-state index contributed by atoms with van der Waals surface area (Å²) in [7, 11) is 0. The highest BCUT2D eigenvalue weighted by atomic mass is 16.8. The van der Waals surface area contributed by atoms with Gasteiger partial charge in [0.15, 0.2) is 5.78 Å². The number of hydrogen-bond donors (Lipinski definition) is 1. The van der Waals surface area contributed by atoms with Gasteiger partial charge in [-0.2, -0.15) is 5.10 Å². The van der Waals surface area contributed by atoms with E-state index in [0.29, 0.717) is 32.6 Å². The Hall–Kier alpha value is -3.55. The van der Waals surface area contributed by atoms with Crippen LogP contribution < -0.4 is 10.3 Å². The molecular weight excluding hydrogens is 312 g/mol. The average Bonchev–Trinajstić information content (AvgIpc) is 2.95. The lowest BCUT2D eigenvalue weighted by molar-refractivity contribution is -0.782. The molecule has 8 nitrogen and oxygen atoms in total. The van der Waals surface area contributed by atoms with Gasteiger partial charge in [0.1, 0.15) is 0 Å². The monoisotopic (exact) mass is 324 g/mol. The third kappa shape index (κ3) is 3.12. The lowest BCUT2D eigenvalue weighted by Gasteiger charge is -2.01. The zero-order valence-corrected chi connectivity index (χ0v) is 12.6. The standard InChI is InChI=1S/C16H12N4O4/c1-10(21)12-3-5-13(6-4-12)16(22)18-17-9-11-2-7-15-14(8-11)19-24-20(15)23/h2-9H,1H3,(H,18,22)/b17-9+. The Morgan fingerprint density at radius 2 is 1.92 bits per heavy atom. The van der Waals surface area contributed by atoms with E-state index in [1.165, 1.54) is 13.1 Å². The SMILES string of the molecule is CC(=O)c1ccc(C(=O)N/N=C/c2ccc3c(c2)no[n+]3[O-])cc1. The van der Waals surface area contributed by atoms with Crippen LogP contribution >= 0.6 is 0 Å². The molecule has 2 aromatic carbocycles. The number of rotatable bonds is 4. The van der Waals surface area contributed by atoms with Crippen LogP contribution in [0.1, 0.15) is 33.2 Å². The largest absolute Gasteiger partial charge is 0.359 e. The van der Waals surface area contributed by atoms with Crippen LogP contribution in [0.2, 0.25) is 0 Å². The highest BCUT2D eigenvalue weighted by Crippen LogP contribution is 2.09. The summed E-state index contributed by atoms with van der Waals surface area (Å²) in [4.78, 5) is 23.5. The van der Waals surface area contributed by atoms with Gasteiger partial charge in [0.05, 0.1) is 6.21 Å². The predicted octanol–water partition coefficient (Wildman–Crippen LogP) is 1.43. The summed E-state index contributed by atoms with van der Waals surface area (Å²) in [6.45, 7) is 1.46. The molecule has 3 rings (SSSR count). The normalized spacial score (nSPS) is 11.0. The molecule has 0 saturated heterocycles. The van der Waals surface area contributed by atoms with Gasteiger partial charge in [0, 0.05) is 22.3 Å². The Labute approximate surface area is 135 Å². The Balaban J connectivity index is 1.68. The van der Waals surface area contributed by atoms with Crippen LogP contribution in [0.25, 0.3) is 11.0 Å². The van der Waals surface area contributed by atoms with Crippen LogP contribution in [-0.2, 0) is 0 Å². The molecule has 24 heavy (non-hydrogen) atoms. The van der Waals surface area contributed by atoms with Crippen molar-refractivity contribution in [1.82, 2.24) is 10.6 Å². The quantitative estimate of drug-likeness (QED) is 0.338. The summed E-state index contributed by atoms with van der Waals surface area (Å²) in [6, 6.07) is 11.1. The molecule has 0 bridgehead atoms. The maximum absolute atomic E-state index is 11.9. The number of benzene rings is 2. The van der Waals surface area contributed by atoms with Crippen molar-refractivity contribution in [2.75, 3.05) is 0 Å². The van der Waals surface area contributed by atoms with Gasteiger partial charge in [-0.05, 0) is 41.7 Å². The van der Waals surface area contributed by atoms with E-state index in [1.807, 2.05) is 0 Å². The number of ketones is 1. The van der Waals surface area contributed by atoms with Gasteiger partial charge < -0.3 is 5.21 Å². The summed E-state index contributed by atoms with van der Waals surface area (Å²) < 4.78 is 4.47. The van der Waals surface area contributed by atoms with Gasteiger partial charge in [-0.25, -0.2) is 5.43 Å². The van der Waals surface area contributed by atoms with Crippen LogP contribution in [0, 0.1) is 5.21 Å². The van der Waals surface area contributed by atoms with Crippen molar-refractivity contribution in [1.29, 1.82) is 0 Å². The van der Waals surface area contributed by atoms with Gasteiger partial charge in [0.2, 0.25) is 11.0 Å². The molecule has 0 unspecified atom stereocenters. The van der Waals surface area contributed by atoms with Crippen LogP contribution in [0.15, 0.2) is 52.2 Å². The molecule has 8 heteroatoms. The fourth-order valence-corrected chi connectivity index (χ4v) is 2.06. The highest BCUT2D eigenvalue weighted by molar-refractivity contribution is 5.98. The average molecular weight is 324 g/mol. The number of amides is 1. The fraction of sp³-hybridized carbons (Fsp3) is 0.0625. The lowest BCUT2D eigenvalue weighted by atomic mass is 10.1. The van der Waals surface area contributed by atoms with E-state index >= 15 is 0 Å². The predicted molar refractivity (Wildman–Crippen MR) is 84.5 cm³/mol. The number of carbonyl (C=O) groups excluding carboxylic acids is 2. The molecule has 0 radical (unpaired) electrons. The molecule has 1 N–H and O–H groups in total. The number of aromatic nitrogens is 2. The number of Topliss-reactive ketones (excluding diaryl/α,β-unsaturated/α-hetero) is 1. The molecular formula is C16H12N4O4. The molecule has 0 atom stereocenters. The van der Waals surface area contributed by atoms with E-state index in [1.54, 1.807) is 42.5 Å². The van der Waals surface area contributed by atoms with Crippen molar-refractivity contribution in [3.63, 3.8) is 0 Å². The van der Waals surface area contributed by atoms with Crippen LogP contribution in [0.3, 0.4) is 0 Å². The number of nitrogens with one attached hydrogen (secondary N) is 1. The van der Waals surface area contributed by atoms with Crippen LogP contribution in [0.4, 0.5) is 0 Å².